The summed E-state index contributed by atoms with van der Waals surface area (Å²) in [6.45, 7) is 7.88. The lowest BCUT2D eigenvalue weighted by atomic mass is 10.1. The quantitative estimate of drug-likeness (QED) is 0.509. The first-order chi connectivity index (χ1) is 12.2. The topological polar surface area (TPSA) is 85.6 Å². The van der Waals surface area contributed by atoms with E-state index >= 15 is 0 Å². The zero-order chi connectivity index (χ0) is 17.9. The summed E-state index contributed by atoms with van der Waals surface area (Å²) < 4.78 is 13.0. The number of guanidine groups is 1. The van der Waals surface area contributed by atoms with Crippen LogP contribution in [0.4, 0.5) is 0 Å². The monoisotopic (exact) mass is 352 g/mol. The lowest BCUT2D eigenvalue weighted by Gasteiger charge is -2.22. The van der Waals surface area contributed by atoms with Crippen LogP contribution in [0.3, 0.4) is 0 Å². The minimum absolute atomic E-state index is 0.185. The molecule has 1 aromatic rings. The number of rotatable bonds is 9. The molecule has 142 valence electrons. The first-order valence-corrected chi connectivity index (χ1v) is 9.25. The SMILES string of the molecule is CCc1nncn1CCNC(=NCC1CCCCO1)NC(C)COC. The van der Waals surface area contributed by atoms with Crippen molar-refractivity contribution in [3.63, 3.8) is 0 Å². The zero-order valence-electron chi connectivity index (χ0n) is 15.7. The number of nitrogens with zero attached hydrogens (tertiary/aromatic N) is 4. The smallest absolute Gasteiger partial charge is 0.191 e. The first kappa shape index (κ1) is 19.7. The van der Waals surface area contributed by atoms with Crippen molar-refractivity contribution in [1.82, 2.24) is 25.4 Å². The molecule has 8 nitrogen and oxygen atoms in total. The number of hydrogen-bond donors (Lipinski definition) is 2. The van der Waals surface area contributed by atoms with Gasteiger partial charge in [0.2, 0.25) is 0 Å². The van der Waals surface area contributed by atoms with Gasteiger partial charge in [-0.05, 0) is 26.2 Å². The van der Waals surface area contributed by atoms with Gasteiger partial charge in [-0.2, -0.15) is 0 Å². The van der Waals surface area contributed by atoms with Gasteiger partial charge in [0.05, 0.1) is 19.3 Å². The molecule has 0 bridgehead atoms. The minimum Gasteiger partial charge on any atom is -0.383 e. The van der Waals surface area contributed by atoms with Crippen molar-refractivity contribution in [2.75, 3.05) is 33.4 Å². The Bertz CT molecular complexity index is 513. The van der Waals surface area contributed by atoms with Crippen LogP contribution in [0.25, 0.3) is 0 Å². The number of ether oxygens (including phenoxy) is 2. The maximum atomic E-state index is 5.77. The molecule has 2 rings (SSSR count). The summed E-state index contributed by atoms with van der Waals surface area (Å²) in [4.78, 5) is 4.70. The highest BCUT2D eigenvalue weighted by atomic mass is 16.5. The Balaban J connectivity index is 1.86. The molecule has 1 saturated heterocycles. The minimum atomic E-state index is 0.185. The van der Waals surface area contributed by atoms with Crippen molar-refractivity contribution < 1.29 is 9.47 Å². The Hall–Kier alpha value is -1.67. The molecule has 1 aliphatic heterocycles. The van der Waals surface area contributed by atoms with Crippen LogP contribution in [0.1, 0.15) is 38.9 Å². The highest BCUT2D eigenvalue weighted by Crippen LogP contribution is 2.12. The van der Waals surface area contributed by atoms with Gasteiger partial charge < -0.3 is 24.7 Å². The van der Waals surface area contributed by atoms with E-state index in [4.69, 9.17) is 14.5 Å². The summed E-state index contributed by atoms with van der Waals surface area (Å²) in [5, 5.41) is 14.8. The standard InChI is InChI=1S/C17H32N6O2/c1-4-16-22-20-13-23(16)9-8-18-17(21-14(2)12-24-3)19-11-15-7-5-6-10-25-15/h13-15H,4-12H2,1-3H3,(H2,18,19,21). The van der Waals surface area contributed by atoms with E-state index in [-0.39, 0.29) is 12.1 Å². The fourth-order valence-corrected chi connectivity index (χ4v) is 2.86. The van der Waals surface area contributed by atoms with E-state index in [1.165, 1.54) is 6.42 Å². The molecule has 0 radical (unpaired) electrons. The Morgan fingerprint density at radius 3 is 3.12 bits per heavy atom. The molecule has 0 aliphatic carbocycles. The fourth-order valence-electron chi connectivity index (χ4n) is 2.86. The maximum absolute atomic E-state index is 5.77. The van der Waals surface area contributed by atoms with E-state index in [9.17, 15) is 0 Å². The van der Waals surface area contributed by atoms with Gasteiger partial charge in [0, 0.05) is 39.3 Å². The molecule has 2 N–H and O–H groups in total. The van der Waals surface area contributed by atoms with Crippen LogP contribution in [-0.4, -0.2) is 66.3 Å². The molecular weight excluding hydrogens is 320 g/mol. The summed E-state index contributed by atoms with van der Waals surface area (Å²) >= 11 is 0. The third-order valence-electron chi connectivity index (χ3n) is 4.18. The highest BCUT2D eigenvalue weighted by molar-refractivity contribution is 5.80. The summed E-state index contributed by atoms with van der Waals surface area (Å²) in [6, 6.07) is 0.185. The fraction of sp³-hybridized carbons (Fsp3) is 0.824. The van der Waals surface area contributed by atoms with Crippen LogP contribution >= 0.6 is 0 Å². The van der Waals surface area contributed by atoms with E-state index in [0.29, 0.717) is 13.2 Å². The average Bonchev–Trinajstić information content (AvgIpc) is 3.08. The van der Waals surface area contributed by atoms with Crippen molar-refractivity contribution in [1.29, 1.82) is 0 Å². The first-order valence-electron chi connectivity index (χ1n) is 9.25. The second kappa shape index (κ2) is 11.0. The molecule has 2 unspecified atom stereocenters. The van der Waals surface area contributed by atoms with Crippen molar-refractivity contribution in [2.45, 2.75) is 58.2 Å². The number of aliphatic imine (C=N–C) groups is 1. The van der Waals surface area contributed by atoms with E-state index in [0.717, 1.165) is 50.7 Å². The Labute approximate surface area is 150 Å². The lowest BCUT2D eigenvalue weighted by Crippen LogP contribution is -2.45. The second-order valence-electron chi connectivity index (χ2n) is 6.40. The van der Waals surface area contributed by atoms with Crippen LogP contribution in [0.15, 0.2) is 11.3 Å². The van der Waals surface area contributed by atoms with Gasteiger partial charge in [-0.3, -0.25) is 4.99 Å². The van der Waals surface area contributed by atoms with Gasteiger partial charge >= 0.3 is 0 Å². The van der Waals surface area contributed by atoms with Gasteiger partial charge in [-0.25, -0.2) is 0 Å². The normalized spacial score (nSPS) is 19.6. The second-order valence-corrected chi connectivity index (χ2v) is 6.40. The van der Waals surface area contributed by atoms with Crippen molar-refractivity contribution >= 4 is 5.96 Å². The molecule has 0 spiro atoms. The molecule has 1 aliphatic rings. The molecule has 1 aromatic heterocycles. The number of methoxy groups -OCH3 is 1. The largest absolute Gasteiger partial charge is 0.383 e. The van der Waals surface area contributed by atoms with Crippen LogP contribution in [0.2, 0.25) is 0 Å². The Morgan fingerprint density at radius 2 is 2.40 bits per heavy atom. The molecule has 25 heavy (non-hydrogen) atoms. The number of nitrogens with one attached hydrogen (secondary N) is 2. The number of aryl methyl sites for hydroxylation is 1. The van der Waals surface area contributed by atoms with Gasteiger partial charge in [0.15, 0.2) is 5.96 Å². The summed E-state index contributed by atoms with van der Waals surface area (Å²) in [5.74, 6) is 1.79. The summed E-state index contributed by atoms with van der Waals surface area (Å²) in [7, 11) is 1.70. The van der Waals surface area contributed by atoms with Crippen LogP contribution in [0.5, 0.6) is 0 Å². The van der Waals surface area contributed by atoms with Crippen molar-refractivity contribution in [3.8, 4) is 0 Å². The van der Waals surface area contributed by atoms with Crippen LogP contribution in [0, 0.1) is 0 Å². The predicted octanol–water partition coefficient (Wildman–Crippen LogP) is 0.980. The number of hydrogen-bond acceptors (Lipinski definition) is 5. The average molecular weight is 352 g/mol. The van der Waals surface area contributed by atoms with Crippen LogP contribution in [-0.2, 0) is 22.4 Å². The predicted molar refractivity (Wildman–Crippen MR) is 97.8 cm³/mol. The molecule has 0 aromatic carbocycles. The molecule has 0 amide bonds. The van der Waals surface area contributed by atoms with Gasteiger partial charge in [0.25, 0.3) is 0 Å². The molecule has 0 saturated carbocycles. The molecule has 2 heterocycles. The van der Waals surface area contributed by atoms with Gasteiger partial charge in [0.1, 0.15) is 12.2 Å². The van der Waals surface area contributed by atoms with Crippen LogP contribution < -0.4 is 10.6 Å². The third-order valence-corrected chi connectivity index (χ3v) is 4.18. The van der Waals surface area contributed by atoms with Crippen molar-refractivity contribution in [3.05, 3.63) is 12.2 Å². The highest BCUT2D eigenvalue weighted by Gasteiger charge is 2.14. The zero-order valence-corrected chi connectivity index (χ0v) is 15.7. The Kier molecular flexibility index (Phi) is 8.68. The molecule has 1 fully saturated rings. The van der Waals surface area contributed by atoms with E-state index in [1.54, 1.807) is 13.4 Å². The molecule has 8 heteroatoms. The lowest BCUT2D eigenvalue weighted by molar-refractivity contribution is 0.0224. The molecule has 2 atom stereocenters. The molecular formula is C17H32N6O2. The van der Waals surface area contributed by atoms with E-state index in [1.807, 2.05) is 0 Å². The van der Waals surface area contributed by atoms with E-state index in [2.05, 4.69) is 39.2 Å². The van der Waals surface area contributed by atoms with Gasteiger partial charge in [-0.1, -0.05) is 6.92 Å². The summed E-state index contributed by atoms with van der Waals surface area (Å²) in [6.07, 6.45) is 6.36. The van der Waals surface area contributed by atoms with E-state index < -0.39 is 0 Å². The summed E-state index contributed by atoms with van der Waals surface area (Å²) in [5.41, 5.74) is 0. The number of aromatic nitrogens is 3. The van der Waals surface area contributed by atoms with Gasteiger partial charge in [-0.15, -0.1) is 10.2 Å². The Morgan fingerprint density at radius 1 is 1.52 bits per heavy atom. The maximum Gasteiger partial charge on any atom is 0.191 e. The van der Waals surface area contributed by atoms with Crippen molar-refractivity contribution in [2.24, 2.45) is 4.99 Å². The third kappa shape index (κ3) is 6.99.